The molecule has 4 rings (SSSR count). The highest BCUT2D eigenvalue weighted by atomic mass is 79.9. The Hall–Kier alpha value is -1.44. The van der Waals surface area contributed by atoms with E-state index < -0.39 is 0 Å². The largest absolute Gasteiger partial charge is 0.353 e. The number of hydrogen-bond acceptors (Lipinski definition) is 5. The van der Waals surface area contributed by atoms with Gasteiger partial charge in [0.15, 0.2) is 12.1 Å². The quantitative estimate of drug-likeness (QED) is 0.763. The molecule has 0 bridgehead atoms. The van der Waals surface area contributed by atoms with Gasteiger partial charge in [-0.2, -0.15) is 0 Å². The summed E-state index contributed by atoms with van der Waals surface area (Å²) in [4.78, 5) is 2.10. The molecule has 134 valence electrons. The summed E-state index contributed by atoms with van der Waals surface area (Å²) in [7, 11) is 2.03. The molecule has 2 aromatic rings. The van der Waals surface area contributed by atoms with E-state index >= 15 is 0 Å². The number of aromatic nitrogens is 3. The highest BCUT2D eigenvalue weighted by molar-refractivity contribution is 9.10. The Labute approximate surface area is 156 Å². The minimum atomic E-state index is -0.224. The van der Waals surface area contributed by atoms with Crippen LogP contribution in [0.15, 0.2) is 28.9 Å². The highest BCUT2D eigenvalue weighted by Crippen LogP contribution is 2.48. The van der Waals surface area contributed by atoms with Crippen LogP contribution in [-0.4, -0.2) is 41.5 Å². The van der Waals surface area contributed by atoms with E-state index in [0.29, 0.717) is 12.0 Å². The zero-order chi connectivity index (χ0) is 17.4. The van der Waals surface area contributed by atoms with E-state index in [1.54, 1.807) is 4.68 Å². The van der Waals surface area contributed by atoms with Crippen LogP contribution in [0, 0.1) is 12.3 Å². The van der Waals surface area contributed by atoms with Crippen LogP contribution in [0.25, 0.3) is 0 Å². The monoisotopic (exact) mass is 406 g/mol. The number of anilines is 1. The molecule has 1 saturated heterocycles. The van der Waals surface area contributed by atoms with Crippen LogP contribution >= 0.6 is 15.9 Å². The molecule has 0 radical (unpaired) electrons. The smallest absolute Gasteiger partial charge is 0.177 e. The number of nitrogens with zero attached hydrogens (tertiary/aromatic N) is 4. The summed E-state index contributed by atoms with van der Waals surface area (Å²) in [6, 6.07) is 6.33. The van der Waals surface area contributed by atoms with E-state index in [-0.39, 0.29) is 6.29 Å². The summed E-state index contributed by atoms with van der Waals surface area (Å²) in [5.41, 5.74) is 2.85. The van der Waals surface area contributed by atoms with Crippen molar-refractivity contribution in [1.82, 2.24) is 15.0 Å². The van der Waals surface area contributed by atoms with Crippen LogP contribution < -0.4 is 4.90 Å². The molecule has 1 saturated carbocycles. The third kappa shape index (κ3) is 3.88. The maximum Gasteiger partial charge on any atom is 0.177 e. The van der Waals surface area contributed by atoms with Crippen molar-refractivity contribution in [2.45, 2.75) is 39.1 Å². The van der Waals surface area contributed by atoms with E-state index in [2.05, 4.69) is 56.3 Å². The molecule has 2 heterocycles. The molecule has 1 aromatic carbocycles. The van der Waals surface area contributed by atoms with Crippen LogP contribution in [0.2, 0.25) is 0 Å². The molecular formula is C18H23BrN4O2. The van der Waals surface area contributed by atoms with Crippen molar-refractivity contribution in [3.05, 3.63) is 40.0 Å². The van der Waals surface area contributed by atoms with Gasteiger partial charge in [-0.25, -0.2) is 4.68 Å². The van der Waals surface area contributed by atoms with Crippen molar-refractivity contribution >= 4 is 21.7 Å². The SMILES string of the molecule is Cc1ccc(Br)cc1CN(C)c1cn(CC2OCC3(CC3)CO2)nn1. The van der Waals surface area contributed by atoms with Gasteiger partial charge in [0, 0.05) is 23.5 Å². The minimum absolute atomic E-state index is 0.224. The van der Waals surface area contributed by atoms with E-state index in [9.17, 15) is 0 Å². The van der Waals surface area contributed by atoms with Gasteiger partial charge in [0.1, 0.15) is 0 Å². The number of hydrogen-bond donors (Lipinski definition) is 0. The molecule has 1 aliphatic carbocycles. The summed E-state index contributed by atoms with van der Waals surface area (Å²) in [6.45, 7) is 5.09. The predicted octanol–water partition coefficient (Wildman–Crippen LogP) is 3.14. The van der Waals surface area contributed by atoms with Crippen LogP contribution in [-0.2, 0) is 22.6 Å². The van der Waals surface area contributed by atoms with Gasteiger partial charge in [0.05, 0.1) is 26.0 Å². The van der Waals surface area contributed by atoms with Crippen molar-refractivity contribution in [3.8, 4) is 0 Å². The van der Waals surface area contributed by atoms with Crippen LogP contribution in [0.4, 0.5) is 5.82 Å². The number of ether oxygens (including phenoxy) is 2. The van der Waals surface area contributed by atoms with Crippen molar-refractivity contribution in [1.29, 1.82) is 0 Å². The molecule has 1 spiro atoms. The number of benzene rings is 1. The van der Waals surface area contributed by atoms with Crippen molar-refractivity contribution < 1.29 is 9.47 Å². The average molecular weight is 407 g/mol. The van der Waals surface area contributed by atoms with Crippen molar-refractivity contribution in [2.75, 3.05) is 25.2 Å². The number of halogens is 1. The molecule has 6 nitrogen and oxygen atoms in total. The Bertz CT molecular complexity index is 749. The van der Waals surface area contributed by atoms with Gasteiger partial charge >= 0.3 is 0 Å². The molecular weight excluding hydrogens is 384 g/mol. The molecule has 0 amide bonds. The molecule has 7 heteroatoms. The third-order valence-corrected chi connectivity index (χ3v) is 5.57. The zero-order valence-electron chi connectivity index (χ0n) is 14.6. The van der Waals surface area contributed by atoms with Crippen LogP contribution in [0.3, 0.4) is 0 Å². The number of rotatable bonds is 5. The lowest BCUT2D eigenvalue weighted by Gasteiger charge is -2.29. The predicted molar refractivity (Wildman–Crippen MR) is 98.4 cm³/mol. The molecule has 25 heavy (non-hydrogen) atoms. The first kappa shape index (κ1) is 17.0. The van der Waals surface area contributed by atoms with E-state index in [4.69, 9.17) is 9.47 Å². The average Bonchev–Trinajstić information content (AvgIpc) is 3.18. The van der Waals surface area contributed by atoms with Crippen LogP contribution in [0.1, 0.15) is 24.0 Å². The number of aryl methyl sites for hydroxylation is 1. The van der Waals surface area contributed by atoms with Gasteiger partial charge < -0.3 is 14.4 Å². The molecule has 1 aromatic heterocycles. The molecule has 0 unspecified atom stereocenters. The second kappa shape index (κ2) is 6.70. The van der Waals surface area contributed by atoms with E-state index in [1.165, 1.54) is 24.0 Å². The summed E-state index contributed by atoms with van der Waals surface area (Å²) in [5.74, 6) is 0.842. The maximum atomic E-state index is 5.82. The lowest BCUT2D eigenvalue weighted by Crippen LogP contribution is -2.36. The zero-order valence-corrected chi connectivity index (χ0v) is 16.2. The van der Waals surface area contributed by atoms with Gasteiger partial charge in [-0.15, -0.1) is 5.10 Å². The van der Waals surface area contributed by atoms with Gasteiger partial charge in [-0.3, -0.25) is 0 Å². The standard InChI is InChI=1S/C18H23BrN4O2/c1-13-3-4-15(19)7-14(13)8-22(2)16-9-23(21-20-16)10-17-24-11-18(5-6-18)12-25-17/h3-4,7,9,17H,5-6,8,10-12H2,1-2H3. The summed E-state index contributed by atoms with van der Waals surface area (Å²) in [5, 5.41) is 8.51. The third-order valence-electron chi connectivity index (χ3n) is 5.08. The molecule has 2 aliphatic rings. The van der Waals surface area contributed by atoms with E-state index in [0.717, 1.165) is 30.0 Å². The lowest BCUT2D eigenvalue weighted by atomic mass is 10.1. The Morgan fingerprint density at radius 1 is 1.32 bits per heavy atom. The topological polar surface area (TPSA) is 52.4 Å². The highest BCUT2D eigenvalue weighted by Gasteiger charge is 2.46. The van der Waals surface area contributed by atoms with E-state index in [1.807, 2.05) is 13.2 Å². The van der Waals surface area contributed by atoms with Gasteiger partial charge in [0.2, 0.25) is 0 Å². The minimum Gasteiger partial charge on any atom is -0.353 e. The Balaban J connectivity index is 1.36. The Kier molecular flexibility index (Phi) is 4.56. The summed E-state index contributed by atoms with van der Waals surface area (Å²) >= 11 is 3.54. The van der Waals surface area contributed by atoms with Gasteiger partial charge in [-0.1, -0.05) is 27.2 Å². The fourth-order valence-electron chi connectivity index (χ4n) is 3.05. The Morgan fingerprint density at radius 3 is 2.80 bits per heavy atom. The molecule has 2 fully saturated rings. The first-order valence-electron chi connectivity index (χ1n) is 8.63. The first-order valence-corrected chi connectivity index (χ1v) is 9.42. The molecule has 0 atom stereocenters. The molecule has 1 aliphatic heterocycles. The van der Waals surface area contributed by atoms with Crippen molar-refractivity contribution in [3.63, 3.8) is 0 Å². The first-order chi connectivity index (χ1) is 12.0. The van der Waals surface area contributed by atoms with Crippen molar-refractivity contribution in [2.24, 2.45) is 5.41 Å². The Morgan fingerprint density at radius 2 is 2.08 bits per heavy atom. The summed E-state index contributed by atoms with van der Waals surface area (Å²) in [6.07, 6.45) is 4.18. The fraction of sp³-hybridized carbons (Fsp3) is 0.556. The second-order valence-electron chi connectivity index (χ2n) is 7.28. The van der Waals surface area contributed by atoms with Crippen LogP contribution in [0.5, 0.6) is 0 Å². The lowest BCUT2D eigenvalue weighted by molar-refractivity contribution is -0.213. The van der Waals surface area contributed by atoms with Gasteiger partial charge in [-0.05, 0) is 43.0 Å². The maximum absolute atomic E-state index is 5.82. The summed E-state index contributed by atoms with van der Waals surface area (Å²) < 4.78 is 14.5. The second-order valence-corrected chi connectivity index (χ2v) is 8.19. The fourth-order valence-corrected chi connectivity index (χ4v) is 3.46. The molecule has 0 N–H and O–H groups in total. The normalized spacial score (nSPS) is 19.3. The van der Waals surface area contributed by atoms with Gasteiger partial charge in [0.25, 0.3) is 0 Å².